The van der Waals surface area contributed by atoms with Crippen LogP contribution in [0.5, 0.6) is 0 Å². The molecule has 24 heavy (non-hydrogen) atoms. The summed E-state index contributed by atoms with van der Waals surface area (Å²) in [5.41, 5.74) is 9.71. The van der Waals surface area contributed by atoms with E-state index in [1.54, 1.807) is 0 Å². The van der Waals surface area contributed by atoms with Gasteiger partial charge in [-0.1, -0.05) is 50.2 Å². The van der Waals surface area contributed by atoms with Gasteiger partial charge in [-0.15, -0.1) is 0 Å². The fraction of sp³-hybridized carbons (Fsp3) is 0.261. The van der Waals surface area contributed by atoms with Gasteiger partial charge in [0, 0.05) is 22.6 Å². The summed E-state index contributed by atoms with van der Waals surface area (Å²) in [5.74, 6) is 0. The summed E-state index contributed by atoms with van der Waals surface area (Å²) in [6.45, 7) is 8.72. The Bertz CT molecular complexity index is 1010. The summed E-state index contributed by atoms with van der Waals surface area (Å²) < 4.78 is 10.9. The molecule has 4 rings (SSSR count). The number of pyridine rings is 1. The highest BCUT2D eigenvalue weighted by molar-refractivity contribution is 5.92. The molecule has 1 heterocycles. The van der Waals surface area contributed by atoms with Gasteiger partial charge in [-0.3, -0.25) is 0 Å². The minimum absolute atomic E-state index is 0.144. The second kappa shape index (κ2) is 5.04. The standard InChI is InChI=1S/C23H24N/c1-15-10-13-20(24(5)14-15)21-16(2)11-12-19-22(21)17-8-6-7-9-18(17)23(19,3)4/h6-14H,1-5H3/q+1/i12D. The van der Waals surface area contributed by atoms with Crippen LogP contribution in [-0.4, -0.2) is 0 Å². The van der Waals surface area contributed by atoms with Crippen molar-refractivity contribution in [3.05, 3.63) is 77.0 Å². The first-order valence-electron chi connectivity index (χ1n) is 9.03. The Morgan fingerprint density at radius 2 is 1.67 bits per heavy atom. The van der Waals surface area contributed by atoms with Crippen molar-refractivity contribution >= 4 is 0 Å². The van der Waals surface area contributed by atoms with Crippen molar-refractivity contribution in [2.24, 2.45) is 7.05 Å². The third-order valence-corrected chi connectivity index (χ3v) is 5.36. The van der Waals surface area contributed by atoms with Crippen molar-refractivity contribution in [3.63, 3.8) is 0 Å². The van der Waals surface area contributed by atoms with Crippen molar-refractivity contribution in [1.29, 1.82) is 0 Å². The SMILES string of the molecule is [2H]c1cc(C)c(-c2ccc(C)c[n+]2C)c2c1C(C)(C)c1ccccc1-2. The Kier molecular flexibility index (Phi) is 2.94. The van der Waals surface area contributed by atoms with Gasteiger partial charge >= 0.3 is 0 Å². The average Bonchev–Trinajstić information content (AvgIpc) is 2.78. The molecule has 0 amide bonds. The van der Waals surface area contributed by atoms with Crippen molar-refractivity contribution in [2.45, 2.75) is 33.1 Å². The summed E-state index contributed by atoms with van der Waals surface area (Å²) in [5, 5.41) is 0. The predicted molar refractivity (Wildman–Crippen MR) is 100 cm³/mol. The van der Waals surface area contributed by atoms with E-state index in [9.17, 15) is 0 Å². The van der Waals surface area contributed by atoms with E-state index in [1.165, 1.54) is 33.5 Å². The normalized spacial score (nSPS) is 15.0. The molecular weight excluding hydrogens is 290 g/mol. The van der Waals surface area contributed by atoms with Crippen LogP contribution >= 0.6 is 0 Å². The molecule has 0 aliphatic heterocycles. The van der Waals surface area contributed by atoms with Gasteiger partial charge in [0.15, 0.2) is 6.20 Å². The number of aryl methyl sites for hydroxylation is 3. The zero-order valence-electron chi connectivity index (χ0n) is 16.1. The molecule has 0 radical (unpaired) electrons. The van der Waals surface area contributed by atoms with E-state index < -0.39 is 0 Å². The van der Waals surface area contributed by atoms with Crippen LogP contribution in [0.3, 0.4) is 0 Å². The van der Waals surface area contributed by atoms with Crippen LogP contribution in [0.25, 0.3) is 22.4 Å². The van der Waals surface area contributed by atoms with Gasteiger partial charge in [0.1, 0.15) is 7.05 Å². The molecular formula is C23H24N+. The molecule has 0 spiro atoms. The second-order valence-corrected chi connectivity index (χ2v) is 7.47. The van der Waals surface area contributed by atoms with Crippen molar-refractivity contribution in [1.82, 2.24) is 0 Å². The molecule has 1 aliphatic carbocycles. The lowest BCUT2D eigenvalue weighted by atomic mass is 9.81. The minimum Gasteiger partial charge on any atom is -0.201 e. The van der Waals surface area contributed by atoms with Crippen LogP contribution in [0, 0.1) is 13.8 Å². The van der Waals surface area contributed by atoms with Gasteiger partial charge in [0.05, 0.1) is 6.93 Å². The maximum absolute atomic E-state index is 8.66. The Labute approximate surface area is 146 Å². The van der Waals surface area contributed by atoms with Crippen LogP contribution in [0.15, 0.2) is 54.7 Å². The highest BCUT2D eigenvalue weighted by Gasteiger charge is 2.38. The first-order chi connectivity index (χ1) is 11.8. The molecule has 0 saturated heterocycles. The molecule has 1 aromatic heterocycles. The molecule has 1 nitrogen and oxygen atoms in total. The topological polar surface area (TPSA) is 3.88 Å². The summed E-state index contributed by atoms with van der Waals surface area (Å²) in [6.07, 6.45) is 2.17. The quantitative estimate of drug-likeness (QED) is 0.550. The van der Waals surface area contributed by atoms with Gasteiger partial charge in [0.2, 0.25) is 5.69 Å². The van der Waals surface area contributed by atoms with Gasteiger partial charge in [0.25, 0.3) is 0 Å². The fourth-order valence-corrected chi connectivity index (χ4v) is 4.13. The van der Waals surface area contributed by atoms with Gasteiger partial charge < -0.3 is 0 Å². The molecule has 0 bridgehead atoms. The number of nitrogens with zero attached hydrogens (tertiary/aromatic N) is 1. The molecule has 2 aromatic carbocycles. The van der Waals surface area contributed by atoms with E-state index in [0.29, 0.717) is 6.04 Å². The Balaban J connectivity index is 2.16. The predicted octanol–water partition coefficient (Wildman–Crippen LogP) is 5.10. The van der Waals surface area contributed by atoms with Gasteiger partial charge in [-0.2, -0.15) is 0 Å². The lowest BCUT2D eigenvalue weighted by molar-refractivity contribution is -0.660. The summed E-state index contributed by atoms with van der Waals surface area (Å²) in [7, 11) is 2.11. The van der Waals surface area contributed by atoms with E-state index in [4.69, 9.17) is 1.37 Å². The third-order valence-electron chi connectivity index (χ3n) is 5.36. The molecule has 0 N–H and O–H groups in total. The zero-order valence-corrected chi connectivity index (χ0v) is 15.1. The molecule has 1 heteroatoms. The van der Waals surface area contributed by atoms with Crippen LogP contribution in [0.2, 0.25) is 0 Å². The summed E-state index contributed by atoms with van der Waals surface area (Å²) >= 11 is 0. The summed E-state index contributed by atoms with van der Waals surface area (Å²) in [6, 6.07) is 15.7. The van der Waals surface area contributed by atoms with E-state index >= 15 is 0 Å². The monoisotopic (exact) mass is 315 g/mol. The number of hydrogen-bond donors (Lipinski definition) is 0. The highest BCUT2D eigenvalue weighted by Crippen LogP contribution is 2.52. The number of aromatic nitrogens is 1. The molecule has 0 unspecified atom stereocenters. The van der Waals surface area contributed by atoms with Gasteiger partial charge in [-0.05, 0) is 42.2 Å². The summed E-state index contributed by atoms with van der Waals surface area (Å²) in [4.78, 5) is 0. The highest BCUT2D eigenvalue weighted by atomic mass is 14.9. The molecule has 3 aromatic rings. The molecule has 0 atom stereocenters. The van der Waals surface area contributed by atoms with Crippen molar-refractivity contribution in [3.8, 4) is 22.4 Å². The first-order valence-corrected chi connectivity index (χ1v) is 8.53. The van der Waals surface area contributed by atoms with Crippen molar-refractivity contribution < 1.29 is 5.94 Å². The van der Waals surface area contributed by atoms with Crippen LogP contribution in [0.4, 0.5) is 0 Å². The maximum atomic E-state index is 8.66. The smallest absolute Gasteiger partial charge is 0.201 e. The number of hydrogen-bond acceptors (Lipinski definition) is 0. The molecule has 0 saturated carbocycles. The molecule has 1 aliphatic rings. The number of benzene rings is 2. The average molecular weight is 315 g/mol. The lowest BCUT2D eigenvalue weighted by Gasteiger charge is -2.21. The van der Waals surface area contributed by atoms with E-state index in [-0.39, 0.29) is 5.41 Å². The zero-order chi connectivity index (χ0) is 17.9. The largest absolute Gasteiger partial charge is 0.213 e. The van der Waals surface area contributed by atoms with E-state index in [1.807, 2.05) is 6.07 Å². The third kappa shape index (κ3) is 1.97. The Hall–Kier alpha value is -2.41. The Morgan fingerprint density at radius 1 is 0.917 bits per heavy atom. The first kappa shape index (κ1) is 14.0. The van der Waals surface area contributed by atoms with Crippen LogP contribution in [-0.2, 0) is 12.5 Å². The van der Waals surface area contributed by atoms with Gasteiger partial charge in [-0.25, -0.2) is 4.57 Å². The van der Waals surface area contributed by atoms with E-state index in [0.717, 1.165) is 11.1 Å². The molecule has 120 valence electrons. The fourth-order valence-electron chi connectivity index (χ4n) is 4.13. The number of fused-ring (bicyclic) bond motifs is 3. The van der Waals surface area contributed by atoms with Crippen LogP contribution < -0.4 is 4.57 Å². The van der Waals surface area contributed by atoms with Crippen LogP contribution in [0.1, 0.15) is 37.5 Å². The van der Waals surface area contributed by atoms with E-state index in [2.05, 4.69) is 81.9 Å². The minimum atomic E-state index is -0.144. The second-order valence-electron chi connectivity index (χ2n) is 7.47. The lowest BCUT2D eigenvalue weighted by Crippen LogP contribution is -2.31. The maximum Gasteiger partial charge on any atom is 0.213 e. The Morgan fingerprint density at radius 3 is 2.42 bits per heavy atom. The molecule has 0 fully saturated rings. The van der Waals surface area contributed by atoms with Crippen molar-refractivity contribution in [2.75, 3.05) is 0 Å². The number of rotatable bonds is 1.